The van der Waals surface area contributed by atoms with Crippen LogP contribution in [0.2, 0.25) is 0 Å². The number of carbonyl (C=O) groups is 1. The van der Waals surface area contributed by atoms with Crippen LogP contribution in [0.4, 0.5) is 0 Å². The molecule has 0 spiro atoms. The van der Waals surface area contributed by atoms with Crippen LogP contribution >= 0.6 is 0 Å². The first-order valence-electron chi connectivity index (χ1n) is 12.8. The lowest BCUT2D eigenvalue weighted by Crippen LogP contribution is -2.63. The second kappa shape index (κ2) is 8.02. The van der Waals surface area contributed by atoms with Crippen molar-refractivity contribution in [2.45, 2.75) is 108 Å². The van der Waals surface area contributed by atoms with Crippen LogP contribution in [0.15, 0.2) is 12.2 Å². The Bertz CT molecular complexity index is 814. The molecular weight excluding hydrogens is 424 g/mol. The van der Waals surface area contributed by atoms with Gasteiger partial charge >= 0.3 is 5.97 Å². The van der Waals surface area contributed by atoms with E-state index in [0.29, 0.717) is 23.2 Å². The number of hydrogen-bond acceptors (Lipinski definition) is 6. The smallest absolute Gasteiger partial charge is 0.335 e. The van der Waals surface area contributed by atoms with E-state index in [0.717, 1.165) is 31.6 Å². The summed E-state index contributed by atoms with van der Waals surface area (Å²) in [4.78, 5) is 11.5. The standard InChI is InChI=1S/C26H40O7/c1-24-11-5-4-6-14(24)7-8-15-16(24)9-12-25(2)17(15)10-13-26(25,3)33-23-20(29)18(27)19(28)21(32-23)22(30)31/h4-5,14-21,23,27-29H,6-13H2,1-3H3,(H,30,31)/t14-,15-,16+,17+,18+,19+,20-,21+,23+,24+,25+,26+/m1/s1. The minimum atomic E-state index is -1.70. The molecule has 0 amide bonds. The van der Waals surface area contributed by atoms with E-state index in [1.54, 1.807) is 0 Å². The van der Waals surface area contributed by atoms with Crippen LogP contribution < -0.4 is 0 Å². The van der Waals surface area contributed by atoms with Crippen LogP contribution in [0.1, 0.15) is 72.1 Å². The van der Waals surface area contributed by atoms with Gasteiger partial charge in [-0.2, -0.15) is 0 Å². The van der Waals surface area contributed by atoms with Gasteiger partial charge in [0, 0.05) is 0 Å². The molecule has 0 aromatic heterocycles. The molecule has 0 aromatic carbocycles. The predicted octanol–water partition coefficient (Wildman–Crippen LogP) is 2.86. The van der Waals surface area contributed by atoms with E-state index in [1.165, 1.54) is 25.7 Å². The fourth-order valence-corrected chi connectivity index (χ4v) is 8.66. The summed E-state index contributed by atoms with van der Waals surface area (Å²) >= 11 is 0. The Kier molecular flexibility index (Phi) is 5.77. The highest BCUT2D eigenvalue weighted by Gasteiger charge is 2.65. The molecule has 4 aliphatic carbocycles. The summed E-state index contributed by atoms with van der Waals surface area (Å²) in [6.07, 6.45) is 5.93. The first-order valence-corrected chi connectivity index (χ1v) is 12.8. The average Bonchev–Trinajstić information content (AvgIpc) is 3.04. The second-order valence-electron chi connectivity index (χ2n) is 12.1. The number of carboxylic acids is 1. The third-order valence-electron chi connectivity index (χ3n) is 10.9. The topological polar surface area (TPSA) is 116 Å². The summed E-state index contributed by atoms with van der Waals surface area (Å²) < 4.78 is 11.9. The van der Waals surface area contributed by atoms with Gasteiger partial charge in [0.15, 0.2) is 12.4 Å². The Hall–Kier alpha value is -0.990. The summed E-state index contributed by atoms with van der Waals surface area (Å²) in [5.41, 5.74) is -0.356. The summed E-state index contributed by atoms with van der Waals surface area (Å²) in [6.45, 7) is 6.87. The maximum absolute atomic E-state index is 11.5. The van der Waals surface area contributed by atoms with Crippen molar-refractivity contribution in [3.63, 3.8) is 0 Å². The number of allylic oxidation sites excluding steroid dienone is 2. The minimum absolute atomic E-state index is 0.120. The fraction of sp³-hybridized carbons (Fsp3) is 0.885. The van der Waals surface area contributed by atoms with Gasteiger partial charge in [0.05, 0.1) is 5.60 Å². The molecule has 7 nitrogen and oxygen atoms in total. The zero-order valence-corrected chi connectivity index (χ0v) is 20.0. The maximum atomic E-state index is 11.5. The van der Waals surface area contributed by atoms with Crippen molar-refractivity contribution in [1.82, 2.24) is 0 Å². The van der Waals surface area contributed by atoms with Gasteiger partial charge in [-0.1, -0.05) is 26.0 Å². The minimum Gasteiger partial charge on any atom is -0.479 e. The first kappa shape index (κ1) is 23.7. The van der Waals surface area contributed by atoms with Crippen molar-refractivity contribution in [3.8, 4) is 0 Å². The predicted molar refractivity (Wildman–Crippen MR) is 120 cm³/mol. The van der Waals surface area contributed by atoms with E-state index in [-0.39, 0.29) is 5.41 Å². The van der Waals surface area contributed by atoms with Crippen molar-refractivity contribution in [2.24, 2.45) is 34.5 Å². The van der Waals surface area contributed by atoms with Crippen molar-refractivity contribution in [1.29, 1.82) is 0 Å². The monoisotopic (exact) mass is 464 g/mol. The largest absolute Gasteiger partial charge is 0.479 e. The van der Waals surface area contributed by atoms with Crippen LogP contribution in [0, 0.1) is 34.5 Å². The summed E-state index contributed by atoms with van der Waals surface area (Å²) in [6, 6.07) is 0. The molecule has 5 aliphatic rings. The second-order valence-corrected chi connectivity index (χ2v) is 12.1. The molecule has 0 unspecified atom stereocenters. The molecule has 4 N–H and O–H groups in total. The number of rotatable bonds is 3. The molecule has 33 heavy (non-hydrogen) atoms. The molecule has 186 valence electrons. The Labute approximate surface area is 196 Å². The molecule has 3 saturated carbocycles. The highest BCUT2D eigenvalue weighted by atomic mass is 16.7. The van der Waals surface area contributed by atoms with E-state index in [2.05, 4.69) is 32.9 Å². The van der Waals surface area contributed by atoms with Gasteiger partial charge in [-0.05, 0) is 92.8 Å². The fourth-order valence-electron chi connectivity index (χ4n) is 8.66. The molecule has 0 aromatic rings. The maximum Gasteiger partial charge on any atom is 0.335 e. The van der Waals surface area contributed by atoms with Crippen molar-refractivity contribution in [2.75, 3.05) is 0 Å². The van der Waals surface area contributed by atoms with Crippen molar-refractivity contribution < 1.29 is 34.7 Å². The highest BCUT2D eigenvalue weighted by Crippen LogP contribution is 2.68. The Morgan fingerprint density at radius 2 is 1.67 bits per heavy atom. The first-order chi connectivity index (χ1) is 15.5. The number of ether oxygens (including phenoxy) is 2. The lowest BCUT2D eigenvalue weighted by molar-refractivity contribution is -0.332. The lowest BCUT2D eigenvalue weighted by atomic mass is 9.45. The third kappa shape index (κ3) is 3.37. The average molecular weight is 465 g/mol. The van der Waals surface area contributed by atoms with Crippen LogP contribution in [-0.4, -0.2) is 62.7 Å². The molecule has 5 rings (SSSR count). The Morgan fingerprint density at radius 1 is 0.939 bits per heavy atom. The number of aliphatic hydroxyl groups is 3. The quantitative estimate of drug-likeness (QED) is 0.475. The van der Waals surface area contributed by atoms with Gasteiger partial charge in [-0.25, -0.2) is 4.79 Å². The summed E-state index contributed by atoms with van der Waals surface area (Å²) in [5, 5.41) is 40.2. The molecule has 0 radical (unpaired) electrons. The van der Waals surface area contributed by atoms with E-state index < -0.39 is 42.3 Å². The molecule has 7 heteroatoms. The number of fused-ring (bicyclic) bond motifs is 5. The van der Waals surface area contributed by atoms with E-state index >= 15 is 0 Å². The van der Waals surface area contributed by atoms with Crippen LogP contribution in [0.3, 0.4) is 0 Å². The normalized spacial score (nSPS) is 56.0. The Balaban J connectivity index is 1.37. The molecule has 0 bridgehead atoms. The van der Waals surface area contributed by atoms with Gasteiger partial charge in [-0.3, -0.25) is 0 Å². The zero-order chi connectivity index (χ0) is 23.8. The van der Waals surface area contributed by atoms with Gasteiger partial charge < -0.3 is 29.9 Å². The highest BCUT2D eigenvalue weighted by molar-refractivity contribution is 5.73. The van der Waals surface area contributed by atoms with Gasteiger partial charge in [0.1, 0.15) is 18.3 Å². The molecular formula is C26H40O7. The molecule has 1 heterocycles. The Morgan fingerprint density at radius 3 is 2.39 bits per heavy atom. The van der Waals surface area contributed by atoms with Crippen LogP contribution in [0.25, 0.3) is 0 Å². The zero-order valence-electron chi connectivity index (χ0n) is 20.0. The third-order valence-corrected chi connectivity index (χ3v) is 10.9. The number of carboxylic acid groups (broad SMARTS) is 1. The van der Waals surface area contributed by atoms with Crippen LogP contribution in [-0.2, 0) is 14.3 Å². The number of hydrogen-bond donors (Lipinski definition) is 4. The molecule has 4 fully saturated rings. The van der Waals surface area contributed by atoms with E-state index in [4.69, 9.17) is 9.47 Å². The van der Waals surface area contributed by atoms with Crippen LogP contribution in [0.5, 0.6) is 0 Å². The number of aliphatic carboxylic acids is 1. The van der Waals surface area contributed by atoms with E-state index in [9.17, 15) is 25.2 Å². The van der Waals surface area contributed by atoms with Crippen molar-refractivity contribution >= 4 is 5.97 Å². The molecule has 1 saturated heterocycles. The summed E-state index contributed by atoms with van der Waals surface area (Å²) in [5.74, 6) is 1.28. The van der Waals surface area contributed by atoms with Gasteiger partial charge in [0.2, 0.25) is 0 Å². The summed E-state index contributed by atoms with van der Waals surface area (Å²) in [7, 11) is 0. The van der Waals surface area contributed by atoms with Gasteiger partial charge in [0.25, 0.3) is 0 Å². The van der Waals surface area contributed by atoms with Crippen molar-refractivity contribution in [3.05, 3.63) is 12.2 Å². The SMILES string of the molecule is C[C@]12CC=CC[C@@H]1CC[C@@H]1[C@@H]2CC[C@@]2(C)[C@H]1CC[C@]2(C)O[C@@H]1O[C@H](C(=O)O)[C@@H](O)[C@H](O)[C@H]1O. The van der Waals surface area contributed by atoms with Gasteiger partial charge in [-0.15, -0.1) is 0 Å². The molecule has 12 atom stereocenters. The van der Waals surface area contributed by atoms with E-state index in [1.807, 2.05) is 0 Å². The molecule has 1 aliphatic heterocycles. The lowest BCUT2D eigenvalue weighted by Gasteiger charge is -2.61. The number of aliphatic hydroxyl groups excluding tert-OH is 3.